The van der Waals surface area contributed by atoms with Crippen LogP contribution in [0.25, 0.3) is 0 Å². The summed E-state index contributed by atoms with van der Waals surface area (Å²) in [7, 11) is 0. The molecule has 0 aliphatic rings. The molecule has 0 saturated heterocycles. The minimum absolute atomic E-state index is 0.00296. The number of ether oxygens (including phenoxy) is 1. The molecule has 0 aliphatic heterocycles. The molecule has 0 heterocycles. The molecule has 0 spiro atoms. The van der Waals surface area contributed by atoms with Crippen LogP contribution in [0.2, 0.25) is 10.0 Å². The Labute approximate surface area is 157 Å². The zero-order valence-corrected chi connectivity index (χ0v) is 16.1. The van der Waals surface area contributed by atoms with Crippen molar-refractivity contribution >= 4 is 35.0 Å². The quantitative estimate of drug-likeness (QED) is 0.504. The summed E-state index contributed by atoms with van der Waals surface area (Å²) in [5, 5.41) is 0.594. The average Bonchev–Trinajstić information content (AvgIpc) is 2.55. The van der Waals surface area contributed by atoms with Crippen molar-refractivity contribution in [1.29, 1.82) is 0 Å². The van der Waals surface area contributed by atoms with Gasteiger partial charge in [0.15, 0.2) is 6.10 Å². The van der Waals surface area contributed by atoms with Crippen LogP contribution >= 0.6 is 23.2 Å². The fourth-order valence-corrected chi connectivity index (χ4v) is 2.67. The van der Waals surface area contributed by atoms with E-state index in [1.807, 2.05) is 12.1 Å². The molecule has 132 valence electrons. The molecule has 0 fully saturated rings. The predicted molar refractivity (Wildman–Crippen MR) is 101 cm³/mol. The topological polar surface area (TPSA) is 43.4 Å². The van der Waals surface area contributed by atoms with Gasteiger partial charge in [0.25, 0.3) is 0 Å². The first-order valence-electron chi connectivity index (χ1n) is 7.90. The number of esters is 1. The lowest BCUT2D eigenvalue weighted by atomic mass is 9.86. The molecule has 0 aromatic heterocycles. The molecule has 5 heteroatoms. The van der Waals surface area contributed by atoms with Crippen LogP contribution in [0, 0.1) is 0 Å². The maximum absolute atomic E-state index is 12.5. The van der Waals surface area contributed by atoms with Gasteiger partial charge in [-0.05, 0) is 36.1 Å². The van der Waals surface area contributed by atoms with Crippen molar-refractivity contribution in [2.75, 3.05) is 0 Å². The Bertz CT molecular complexity index is 790. The molecule has 0 unspecified atom stereocenters. The van der Waals surface area contributed by atoms with Gasteiger partial charge in [-0.3, -0.25) is 4.79 Å². The molecular weight excluding hydrogens is 359 g/mol. The number of halogens is 2. The van der Waals surface area contributed by atoms with E-state index in [0.29, 0.717) is 10.6 Å². The smallest absolute Gasteiger partial charge is 0.340 e. The number of hydrogen-bond acceptors (Lipinski definition) is 3. The average molecular weight is 379 g/mol. The molecule has 0 aliphatic carbocycles. The summed E-state index contributed by atoms with van der Waals surface area (Å²) in [5.74, 6) is -0.952. The third-order valence-electron chi connectivity index (χ3n) is 3.84. The number of hydrogen-bond donors (Lipinski definition) is 0. The summed E-state index contributed by atoms with van der Waals surface area (Å²) in [6.45, 7) is 7.84. The van der Waals surface area contributed by atoms with E-state index in [2.05, 4.69) is 20.8 Å². The van der Waals surface area contributed by atoms with Crippen molar-refractivity contribution in [3.05, 3.63) is 69.2 Å². The van der Waals surface area contributed by atoms with E-state index in [4.69, 9.17) is 27.9 Å². The highest BCUT2D eigenvalue weighted by atomic mass is 35.5. The van der Waals surface area contributed by atoms with Gasteiger partial charge in [-0.25, -0.2) is 4.79 Å². The van der Waals surface area contributed by atoms with Gasteiger partial charge in [0.2, 0.25) is 5.78 Å². The van der Waals surface area contributed by atoms with E-state index >= 15 is 0 Å². The first-order chi connectivity index (χ1) is 11.6. The highest BCUT2D eigenvalue weighted by Crippen LogP contribution is 2.24. The summed E-state index contributed by atoms with van der Waals surface area (Å²) >= 11 is 11.9. The molecule has 1 atom stereocenters. The summed E-state index contributed by atoms with van der Waals surface area (Å²) in [6, 6.07) is 11.8. The number of ketones is 1. The van der Waals surface area contributed by atoms with Gasteiger partial charge in [0.05, 0.1) is 10.6 Å². The van der Waals surface area contributed by atoms with E-state index in [9.17, 15) is 9.59 Å². The zero-order chi connectivity index (χ0) is 18.8. The van der Waals surface area contributed by atoms with Crippen LogP contribution in [0.1, 0.15) is 54.0 Å². The van der Waals surface area contributed by atoms with Crippen molar-refractivity contribution in [1.82, 2.24) is 0 Å². The predicted octanol–water partition coefficient (Wildman–Crippen LogP) is 5.72. The summed E-state index contributed by atoms with van der Waals surface area (Å²) in [5.41, 5.74) is 1.75. The van der Waals surface area contributed by atoms with Crippen molar-refractivity contribution in [2.45, 2.75) is 39.2 Å². The lowest BCUT2D eigenvalue weighted by Crippen LogP contribution is -2.24. The molecule has 0 N–H and O–H groups in total. The minimum Gasteiger partial charge on any atom is -0.451 e. The van der Waals surface area contributed by atoms with Crippen LogP contribution in [-0.2, 0) is 10.2 Å². The molecule has 0 amide bonds. The third kappa shape index (κ3) is 4.83. The number of carbonyl (C=O) groups excluding carboxylic acids is 2. The molecule has 0 bridgehead atoms. The Morgan fingerprint density at radius 1 is 1.00 bits per heavy atom. The maximum Gasteiger partial charge on any atom is 0.340 e. The number of carbonyl (C=O) groups is 2. The van der Waals surface area contributed by atoms with Gasteiger partial charge in [-0.2, -0.15) is 0 Å². The Morgan fingerprint density at radius 2 is 1.60 bits per heavy atom. The van der Waals surface area contributed by atoms with Crippen LogP contribution in [0.15, 0.2) is 42.5 Å². The second kappa shape index (κ2) is 7.59. The minimum atomic E-state index is -0.928. The second-order valence-corrected chi connectivity index (χ2v) is 7.71. The van der Waals surface area contributed by atoms with Gasteiger partial charge >= 0.3 is 5.97 Å². The summed E-state index contributed by atoms with van der Waals surface area (Å²) in [6.07, 6.45) is -0.928. The van der Waals surface area contributed by atoms with Crippen molar-refractivity contribution in [3.63, 3.8) is 0 Å². The summed E-state index contributed by atoms with van der Waals surface area (Å²) < 4.78 is 5.25. The van der Waals surface area contributed by atoms with E-state index in [1.54, 1.807) is 18.2 Å². The van der Waals surface area contributed by atoms with Crippen LogP contribution in [0.5, 0.6) is 0 Å². The van der Waals surface area contributed by atoms with E-state index in [-0.39, 0.29) is 21.8 Å². The monoisotopic (exact) mass is 378 g/mol. The number of benzene rings is 2. The molecule has 0 saturated carbocycles. The van der Waals surface area contributed by atoms with Crippen molar-refractivity contribution in [3.8, 4) is 0 Å². The molecule has 2 aromatic rings. The second-order valence-electron chi connectivity index (χ2n) is 6.86. The maximum atomic E-state index is 12.5. The van der Waals surface area contributed by atoms with Gasteiger partial charge < -0.3 is 4.74 Å². The Morgan fingerprint density at radius 3 is 2.16 bits per heavy atom. The lowest BCUT2D eigenvalue weighted by Gasteiger charge is -2.19. The Hall–Kier alpha value is -1.84. The van der Waals surface area contributed by atoms with Crippen molar-refractivity contribution in [2.24, 2.45) is 0 Å². The van der Waals surface area contributed by atoms with Crippen molar-refractivity contribution < 1.29 is 14.3 Å². The van der Waals surface area contributed by atoms with E-state index in [1.165, 1.54) is 19.1 Å². The Balaban J connectivity index is 2.12. The normalized spacial score (nSPS) is 12.6. The lowest BCUT2D eigenvalue weighted by molar-refractivity contribution is 0.0319. The molecular formula is C20H20Cl2O3. The van der Waals surface area contributed by atoms with Crippen LogP contribution in [0.3, 0.4) is 0 Å². The third-order valence-corrected chi connectivity index (χ3v) is 4.40. The largest absolute Gasteiger partial charge is 0.451 e. The molecule has 25 heavy (non-hydrogen) atoms. The number of rotatable bonds is 4. The van der Waals surface area contributed by atoms with Crippen LogP contribution in [-0.4, -0.2) is 17.9 Å². The molecule has 2 aromatic carbocycles. The fraction of sp³-hybridized carbons (Fsp3) is 0.300. The summed E-state index contributed by atoms with van der Waals surface area (Å²) in [4.78, 5) is 24.7. The van der Waals surface area contributed by atoms with E-state index in [0.717, 1.165) is 5.56 Å². The molecule has 3 nitrogen and oxygen atoms in total. The molecule has 2 rings (SSSR count). The number of Topliss-reactive ketones (excluding diaryl/α,β-unsaturated/α-hetero) is 1. The first-order valence-corrected chi connectivity index (χ1v) is 8.66. The van der Waals surface area contributed by atoms with Crippen LogP contribution < -0.4 is 0 Å². The van der Waals surface area contributed by atoms with Gasteiger partial charge in [-0.15, -0.1) is 0 Å². The highest BCUT2D eigenvalue weighted by Gasteiger charge is 2.22. The first kappa shape index (κ1) is 19.5. The van der Waals surface area contributed by atoms with Gasteiger partial charge in [0.1, 0.15) is 0 Å². The zero-order valence-electron chi connectivity index (χ0n) is 14.6. The van der Waals surface area contributed by atoms with Crippen LogP contribution in [0.4, 0.5) is 0 Å². The van der Waals surface area contributed by atoms with Gasteiger partial charge in [0, 0.05) is 10.6 Å². The SMILES string of the molecule is C[C@H](OC(=O)c1cc(Cl)ccc1Cl)C(=O)c1ccc(C(C)(C)C)cc1. The Kier molecular flexibility index (Phi) is 5.91. The van der Waals surface area contributed by atoms with E-state index < -0.39 is 12.1 Å². The fourth-order valence-electron chi connectivity index (χ4n) is 2.30. The molecule has 0 radical (unpaired) electrons. The van der Waals surface area contributed by atoms with Gasteiger partial charge in [-0.1, -0.05) is 68.2 Å². The highest BCUT2D eigenvalue weighted by molar-refractivity contribution is 6.35. The standard InChI is InChI=1S/C20H20Cl2O3/c1-12(25-19(24)16-11-15(21)9-10-17(16)22)18(23)13-5-7-14(8-6-13)20(2,3)4/h5-12H,1-4H3/t12-/m0/s1.